The first-order valence-corrected chi connectivity index (χ1v) is 16.4. The molecule has 1 saturated heterocycles. The SMILES string of the molecule is CC(C)[C@H](NN[C@@H](CCCNC(N)N)C(=O)NCC1CCNCC1)C(=O)N[C@@H](CCCNC(N)N)C(=O)C(=O)Cc1ccccc1. The monoisotopic (exact) mass is 647 g/mol. The van der Waals surface area contributed by atoms with Crippen LogP contribution in [0.2, 0.25) is 0 Å². The second-order valence-corrected chi connectivity index (χ2v) is 12.3. The Balaban J connectivity index is 2.08. The quantitative estimate of drug-likeness (QED) is 0.0257. The van der Waals surface area contributed by atoms with Crippen molar-refractivity contribution in [3.63, 3.8) is 0 Å². The number of carbonyl (C=O) groups is 4. The molecule has 0 unspecified atom stereocenters. The van der Waals surface area contributed by atoms with Crippen molar-refractivity contribution >= 4 is 23.4 Å². The maximum Gasteiger partial charge on any atom is 0.239 e. The first-order chi connectivity index (χ1) is 22.0. The number of nitrogens with two attached hydrogens (primary N) is 4. The van der Waals surface area contributed by atoms with Gasteiger partial charge in [0.15, 0.2) is 0 Å². The zero-order chi connectivity index (χ0) is 33.9. The summed E-state index contributed by atoms with van der Waals surface area (Å²) in [6.45, 7) is 7.04. The average molecular weight is 648 g/mol. The highest BCUT2D eigenvalue weighted by Crippen LogP contribution is 2.11. The lowest BCUT2D eigenvalue weighted by Gasteiger charge is -2.28. The predicted molar refractivity (Wildman–Crippen MR) is 178 cm³/mol. The van der Waals surface area contributed by atoms with Gasteiger partial charge in [0.2, 0.25) is 23.4 Å². The number of hydrogen-bond acceptors (Lipinski definition) is 13. The van der Waals surface area contributed by atoms with E-state index in [0.717, 1.165) is 25.9 Å². The van der Waals surface area contributed by atoms with Crippen LogP contribution >= 0.6 is 0 Å². The lowest BCUT2D eigenvalue weighted by atomic mass is 9.97. The summed E-state index contributed by atoms with van der Waals surface area (Å²) in [5.41, 5.74) is 29.1. The minimum Gasteiger partial charge on any atom is -0.354 e. The van der Waals surface area contributed by atoms with Gasteiger partial charge in [0.25, 0.3) is 0 Å². The van der Waals surface area contributed by atoms with Crippen LogP contribution in [0.15, 0.2) is 30.3 Å². The molecule has 15 heteroatoms. The third-order valence-corrected chi connectivity index (χ3v) is 7.92. The van der Waals surface area contributed by atoms with E-state index in [1.165, 1.54) is 0 Å². The molecule has 2 amide bonds. The molecule has 1 aromatic carbocycles. The van der Waals surface area contributed by atoms with Crippen molar-refractivity contribution in [1.82, 2.24) is 37.4 Å². The third-order valence-electron chi connectivity index (χ3n) is 7.92. The van der Waals surface area contributed by atoms with Crippen LogP contribution in [0.5, 0.6) is 0 Å². The Morgan fingerprint density at radius 2 is 1.41 bits per heavy atom. The van der Waals surface area contributed by atoms with Crippen LogP contribution in [0, 0.1) is 11.8 Å². The van der Waals surface area contributed by atoms with E-state index in [1.807, 2.05) is 19.9 Å². The minimum atomic E-state index is -1.04. The summed E-state index contributed by atoms with van der Waals surface area (Å²) in [5, 5.41) is 15.0. The highest BCUT2D eigenvalue weighted by Gasteiger charge is 2.31. The summed E-state index contributed by atoms with van der Waals surface area (Å²) in [6.07, 6.45) is 2.23. The highest BCUT2D eigenvalue weighted by molar-refractivity contribution is 6.39. The standard InChI is InChI=1S/C31H57N11O4/c1-20(2)26(42-41-24(11-7-15-38-31(34)35)28(45)39-19-22-12-16-36-17-13-22)29(46)40-23(10-6-14-37-30(32)33)27(44)25(43)18-21-8-4-3-5-9-21/h3-5,8-9,20,22-24,26,30-31,36-38,41-42H,6-7,10-19,32-35H2,1-2H3,(H,39,45)(H,40,46)/t23-,24-,26-/m0/s1. The topological polar surface area (TPSA) is 257 Å². The van der Waals surface area contributed by atoms with Crippen LogP contribution in [0.25, 0.3) is 0 Å². The number of hydrogen-bond donors (Lipinski definition) is 11. The van der Waals surface area contributed by atoms with Crippen LogP contribution in [0.1, 0.15) is 57.9 Å². The molecular formula is C31H57N11O4. The van der Waals surface area contributed by atoms with Gasteiger partial charge in [0, 0.05) is 13.0 Å². The number of hydrazine groups is 1. The molecule has 15 N–H and O–H groups in total. The molecule has 15 nitrogen and oxygen atoms in total. The molecule has 1 heterocycles. The number of ketones is 2. The van der Waals surface area contributed by atoms with E-state index >= 15 is 0 Å². The van der Waals surface area contributed by atoms with E-state index < -0.39 is 48.2 Å². The number of benzene rings is 1. The summed E-state index contributed by atoms with van der Waals surface area (Å²) in [5.74, 6) is -1.75. The van der Waals surface area contributed by atoms with E-state index in [2.05, 4.69) is 37.4 Å². The van der Waals surface area contributed by atoms with E-state index in [9.17, 15) is 19.2 Å². The molecule has 0 aliphatic carbocycles. The first-order valence-electron chi connectivity index (χ1n) is 16.4. The second-order valence-electron chi connectivity index (χ2n) is 12.3. The predicted octanol–water partition coefficient (Wildman–Crippen LogP) is -2.40. The van der Waals surface area contributed by atoms with Crippen molar-refractivity contribution < 1.29 is 19.2 Å². The Morgan fingerprint density at radius 1 is 0.826 bits per heavy atom. The van der Waals surface area contributed by atoms with E-state index in [4.69, 9.17) is 22.9 Å². The van der Waals surface area contributed by atoms with Gasteiger partial charge in [-0.05, 0) is 82.1 Å². The van der Waals surface area contributed by atoms with Crippen LogP contribution in [0.3, 0.4) is 0 Å². The Labute approximate surface area is 272 Å². The van der Waals surface area contributed by atoms with Gasteiger partial charge in [0.1, 0.15) is 18.6 Å². The maximum atomic E-state index is 13.6. The fraction of sp³-hybridized carbons (Fsp3) is 0.677. The number of amides is 2. The maximum absolute atomic E-state index is 13.6. The fourth-order valence-corrected chi connectivity index (χ4v) is 5.19. The molecule has 1 aliphatic heterocycles. The molecule has 260 valence electrons. The molecule has 0 aromatic heterocycles. The summed E-state index contributed by atoms with van der Waals surface area (Å²) in [6, 6.07) is 6.46. The molecule has 3 atom stereocenters. The smallest absolute Gasteiger partial charge is 0.239 e. The number of piperidine rings is 1. The molecule has 0 spiro atoms. The number of Topliss-reactive ketones (excluding diaryl/α,β-unsaturated/α-hetero) is 2. The van der Waals surface area contributed by atoms with Gasteiger partial charge < -0.3 is 38.9 Å². The zero-order valence-corrected chi connectivity index (χ0v) is 27.4. The number of rotatable bonds is 23. The number of nitrogens with one attached hydrogen (secondary N) is 7. The average Bonchev–Trinajstić information content (AvgIpc) is 3.02. The summed E-state index contributed by atoms with van der Waals surface area (Å²) < 4.78 is 0. The van der Waals surface area contributed by atoms with Gasteiger partial charge in [-0.3, -0.25) is 29.8 Å². The van der Waals surface area contributed by atoms with E-state index in [0.29, 0.717) is 50.4 Å². The van der Waals surface area contributed by atoms with Gasteiger partial charge in [-0.15, -0.1) is 0 Å². The fourth-order valence-electron chi connectivity index (χ4n) is 5.19. The number of carbonyl (C=O) groups excluding carboxylic acids is 4. The second kappa shape index (κ2) is 21.8. The molecule has 1 aliphatic rings. The van der Waals surface area contributed by atoms with Crippen LogP contribution < -0.4 is 60.4 Å². The van der Waals surface area contributed by atoms with Gasteiger partial charge >= 0.3 is 0 Å². The Bertz CT molecular complexity index is 1050. The summed E-state index contributed by atoms with van der Waals surface area (Å²) in [7, 11) is 0. The molecule has 1 fully saturated rings. The molecule has 0 radical (unpaired) electrons. The van der Waals surface area contributed by atoms with Crippen molar-refractivity contribution in [2.75, 3.05) is 32.7 Å². The van der Waals surface area contributed by atoms with Crippen LogP contribution in [-0.2, 0) is 25.6 Å². The van der Waals surface area contributed by atoms with Crippen molar-refractivity contribution in [3.05, 3.63) is 35.9 Å². The largest absolute Gasteiger partial charge is 0.354 e. The highest BCUT2D eigenvalue weighted by atomic mass is 16.2. The van der Waals surface area contributed by atoms with E-state index in [-0.39, 0.29) is 24.7 Å². The van der Waals surface area contributed by atoms with Crippen molar-refractivity contribution in [2.24, 2.45) is 34.8 Å². The zero-order valence-electron chi connectivity index (χ0n) is 27.4. The Kier molecular flexibility index (Phi) is 18.7. The first kappa shape index (κ1) is 39.3. The Morgan fingerprint density at radius 3 is 1.98 bits per heavy atom. The molecule has 1 aromatic rings. The molecule has 2 rings (SSSR count). The summed E-state index contributed by atoms with van der Waals surface area (Å²) >= 11 is 0. The van der Waals surface area contributed by atoms with Crippen molar-refractivity contribution in [1.29, 1.82) is 0 Å². The Hall–Kier alpha value is -2.86. The summed E-state index contributed by atoms with van der Waals surface area (Å²) in [4.78, 5) is 53.1. The van der Waals surface area contributed by atoms with Crippen molar-refractivity contribution in [3.8, 4) is 0 Å². The van der Waals surface area contributed by atoms with Gasteiger partial charge in [-0.2, -0.15) is 0 Å². The molecular weight excluding hydrogens is 590 g/mol. The third kappa shape index (κ3) is 15.6. The normalized spacial score (nSPS) is 15.9. The van der Waals surface area contributed by atoms with Gasteiger partial charge in [-0.1, -0.05) is 44.2 Å². The van der Waals surface area contributed by atoms with Crippen LogP contribution in [0.4, 0.5) is 0 Å². The van der Waals surface area contributed by atoms with Crippen molar-refractivity contribution in [2.45, 2.75) is 89.5 Å². The van der Waals surface area contributed by atoms with Gasteiger partial charge in [0.05, 0.1) is 12.1 Å². The molecule has 0 bridgehead atoms. The lowest BCUT2D eigenvalue weighted by Crippen LogP contribution is -2.60. The lowest BCUT2D eigenvalue weighted by molar-refractivity contribution is -0.139. The van der Waals surface area contributed by atoms with Gasteiger partial charge in [-0.25, -0.2) is 10.9 Å². The minimum absolute atomic E-state index is 0.0660. The van der Waals surface area contributed by atoms with Crippen LogP contribution in [-0.4, -0.2) is 86.8 Å². The van der Waals surface area contributed by atoms with E-state index in [1.54, 1.807) is 24.3 Å². The molecule has 0 saturated carbocycles. The molecule has 46 heavy (non-hydrogen) atoms.